The van der Waals surface area contributed by atoms with Crippen LogP contribution in [0.1, 0.15) is 37.1 Å². The van der Waals surface area contributed by atoms with E-state index in [1.807, 2.05) is 6.20 Å². The standard InChI is InChI=1S/C12H22N4S/c1-4-10-7-15-11(17-10)8-16-12(13)14-6-5-9(2)3/h7,9H,4-6,8H2,1-3H3,(H3,13,14,16). The first-order valence-electron chi connectivity index (χ1n) is 6.09. The highest BCUT2D eigenvalue weighted by atomic mass is 32.1. The molecule has 0 aliphatic rings. The second kappa shape index (κ2) is 7.27. The van der Waals surface area contributed by atoms with Crippen molar-refractivity contribution in [2.75, 3.05) is 6.54 Å². The largest absolute Gasteiger partial charge is 0.370 e. The number of aromatic nitrogens is 1. The Bertz CT molecular complexity index is 357. The van der Waals surface area contributed by atoms with Crippen LogP contribution in [-0.4, -0.2) is 17.5 Å². The van der Waals surface area contributed by atoms with Crippen LogP contribution in [0.15, 0.2) is 11.2 Å². The average molecular weight is 254 g/mol. The SMILES string of the molecule is CCc1cnc(CN=C(N)NCCC(C)C)s1. The molecule has 1 aromatic rings. The summed E-state index contributed by atoms with van der Waals surface area (Å²) in [5.41, 5.74) is 5.76. The van der Waals surface area contributed by atoms with E-state index in [2.05, 4.69) is 36.1 Å². The molecular weight excluding hydrogens is 232 g/mol. The first-order valence-corrected chi connectivity index (χ1v) is 6.90. The van der Waals surface area contributed by atoms with E-state index in [0.29, 0.717) is 18.4 Å². The summed E-state index contributed by atoms with van der Waals surface area (Å²) in [6.07, 6.45) is 4.05. The van der Waals surface area contributed by atoms with Crippen molar-refractivity contribution in [2.24, 2.45) is 16.6 Å². The van der Waals surface area contributed by atoms with Crippen LogP contribution in [-0.2, 0) is 13.0 Å². The highest BCUT2D eigenvalue weighted by Gasteiger charge is 2.00. The van der Waals surface area contributed by atoms with Crippen molar-refractivity contribution < 1.29 is 0 Å². The average Bonchev–Trinajstić information content (AvgIpc) is 2.73. The fraction of sp³-hybridized carbons (Fsp3) is 0.667. The molecule has 0 saturated heterocycles. The lowest BCUT2D eigenvalue weighted by molar-refractivity contribution is 0.576. The molecule has 0 aromatic carbocycles. The number of rotatable bonds is 6. The second-order valence-corrected chi connectivity index (χ2v) is 5.58. The summed E-state index contributed by atoms with van der Waals surface area (Å²) in [6, 6.07) is 0. The van der Waals surface area contributed by atoms with Crippen LogP contribution in [0.4, 0.5) is 0 Å². The van der Waals surface area contributed by atoms with Gasteiger partial charge in [0.1, 0.15) is 5.01 Å². The molecule has 0 aliphatic carbocycles. The molecule has 0 aliphatic heterocycles. The summed E-state index contributed by atoms with van der Waals surface area (Å²) in [4.78, 5) is 9.86. The summed E-state index contributed by atoms with van der Waals surface area (Å²) in [5.74, 6) is 1.19. The fourth-order valence-electron chi connectivity index (χ4n) is 1.28. The van der Waals surface area contributed by atoms with Gasteiger partial charge in [-0.05, 0) is 18.8 Å². The van der Waals surface area contributed by atoms with E-state index >= 15 is 0 Å². The first kappa shape index (κ1) is 14.0. The number of guanidine groups is 1. The van der Waals surface area contributed by atoms with Crippen LogP contribution in [0.5, 0.6) is 0 Å². The molecule has 0 fully saturated rings. The molecule has 1 heterocycles. The number of nitrogens with zero attached hydrogens (tertiary/aromatic N) is 2. The summed E-state index contributed by atoms with van der Waals surface area (Å²) in [6.45, 7) is 7.96. The number of hydrogen-bond acceptors (Lipinski definition) is 3. The van der Waals surface area contributed by atoms with Crippen molar-refractivity contribution in [3.8, 4) is 0 Å². The smallest absolute Gasteiger partial charge is 0.189 e. The molecule has 1 rings (SSSR count). The Morgan fingerprint density at radius 1 is 1.59 bits per heavy atom. The van der Waals surface area contributed by atoms with E-state index in [-0.39, 0.29) is 0 Å². The lowest BCUT2D eigenvalue weighted by Gasteiger charge is -2.06. The molecular formula is C12H22N4S. The minimum atomic E-state index is 0.513. The van der Waals surface area contributed by atoms with Crippen LogP contribution in [0.25, 0.3) is 0 Å². The molecule has 0 unspecified atom stereocenters. The highest BCUT2D eigenvalue weighted by Crippen LogP contribution is 2.13. The van der Waals surface area contributed by atoms with Crippen molar-refractivity contribution in [2.45, 2.75) is 40.2 Å². The van der Waals surface area contributed by atoms with Gasteiger partial charge < -0.3 is 11.1 Å². The molecule has 1 aromatic heterocycles. The van der Waals surface area contributed by atoms with Gasteiger partial charge in [-0.2, -0.15) is 0 Å². The van der Waals surface area contributed by atoms with E-state index in [1.165, 1.54) is 4.88 Å². The first-order chi connectivity index (χ1) is 8.11. The van der Waals surface area contributed by atoms with Crippen molar-refractivity contribution >= 4 is 17.3 Å². The number of hydrogen-bond donors (Lipinski definition) is 2. The number of aliphatic imine (C=N–C) groups is 1. The van der Waals surface area contributed by atoms with E-state index in [0.717, 1.165) is 24.4 Å². The maximum absolute atomic E-state index is 5.76. The molecule has 0 atom stereocenters. The summed E-state index contributed by atoms with van der Waals surface area (Å²) in [5, 5.41) is 4.13. The van der Waals surface area contributed by atoms with Gasteiger partial charge in [0.05, 0.1) is 6.54 Å². The normalized spacial score (nSPS) is 12.1. The maximum Gasteiger partial charge on any atom is 0.189 e. The van der Waals surface area contributed by atoms with Gasteiger partial charge in [0.2, 0.25) is 0 Å². The minimum Gasteiger partial charge on any atom is -0.370 e. The van der Waals surface area contributed by atoms with Gasteiger partial charge in [-0.1, -0.05) is 20.8 Å². The van der Waals surface area contributed by atoms with Crippen molar-refractivity contribution in [3.05, 3.63) is 16.1 Å². The Hall–Kier alpha value is -1.10. The monoisotopic (exact) mass is 254 g/mol. The van der Waals surface area contributed by atoms with Gasteiger partial charge in [0.25, 0.3) is 0 Å². The van der Waals surface area contributed by atoms with Crippen molar-refractivity contribution in [3.63, 3.8) is 0 Å². The van der Waals surface area contributed by atoms with Gasteiger partial charge in [-0.15, -0.1) is 11.3 Å². The van der Waals surface area contributed by atoms with Crippen LogP contribution in [0, 0.1) is 5.92 Å². The Kier molecular flexibility index (Phi) is 5.97. The zero-order valence-electron chi connectivity index (χ0n) is 10.9. The van der Waals surface area contributed by atoms with Crippen LogP contribution >= 0.6 is 11.3 Å². The topological polar surface area (TPSA) is 63.3 Å². The molecule has 0 amide bonds. The number of thiazole rings is 1. The van der Waals surface area contributed by atoms with Crippen LogP contribution < -0.4 is 11.1 Å². The molecule has 96 valence electrons. The molecule has 0 bridgehead atoms. The molecule has 4 nitrogen and oxygen atoms in total. The maximum atomic E-state index is 5.76. The molecule has 0 saturated carbocycles. The highest BCUT2D eigenvalue weighted by molar-refractivity contribution is 7.11. The Morgan fingerprint density at radius 3 is 2.94 bits per heavy atom. The van der Waals surface area contributed by atoms with Crippen molar-refractivity contribution in [1.82, 2.24) is 10.3 Å². The van der Waals surface area contributed by atoms with E-state index in [4.69, 9.17) is 5.73 Å². The minimum absolute atomic E-state index is 0.513. The number of nitrogens with two attached hydrogens (primary N) is 1. The fourth-order valence-corrected chi connectivity index (χ4v) is 2.07. The molecule has 5 heteroatoms. The van der Waals surface area contributed by atoms with Gasteiger partial charge in [-0.3, -0.25) is 0 Å². The quantitative estimate of drug-likeness (QED) is 0.604. The summed E-state index contributed by atoms with van der Waals surface area (Å²) < 4.78 is 0. The Balaban J connectivity index is 2.31. The van der Waals surface area contributed by atoms with E-state index < -0.39 is 0 Å². The zero-order chi connectivity index (χ0) is 12.7. The van der Waals surface area contributed by atoms with Crippen molar-refractivity contribution in [1.29, 1.82) is 0 Å². The van der Waals surface area contributed by atoms with E-state index in [1.54, 1.807) is 11.3 Å². The summed E-state index contributed by atoms with van der Waals surface area (Å²) >= 11 is 1.70. The third kappa shape index (κ3) is 5.68. The zero-order valence-corrected chi connectivity index (χ0v) is 11.7. The molecule has 0 spiro atoms. The number of aryl methyl sites for hydroxylation is 1. The Morgan fingerprint density at radius 2 is 2.35 bits per heavy atom. The van der Waals surface area contributed by atoms with Crippen LogP contribution in [0.3, 0.4) is 0 Å². The lowest BCUT2D eigenvalue weighted by Crippen LogP contribution is -2.32. The van der Waals surface area contributed by atoms with Gasteiger partial charge in [0, 0.05) is 17.6 Å². The predicted octanol–water partition coefficient (Wildman–Crippen LogP) is 2.16. The van der Waals surface area contributed by atoms with Gasteiger partial charge in [-0.25, -0.2) is 9.98 Å². The predicted molar refractivity (Wildman–Crippen MR) is 74.3 cm³/mol. The third-order valence-electron chi connectivity index (χ3n) is 2.36. The summed E-state index contributed by atoms with van der Waals surface area (Å²) in [7, 11) is 0. The van der Waals surface area contributed by atoms with Gasteiger partial charge in [0.15, 0.2) is 5.96 Å². The molecule has 17 heavy (non-hydrogen) atoms. The molecule has 3 N–H and O–H groups in total. The van der Waals surface area contributed by atoms with Crippen LogP contribution in [0.2, 0.25) is 0 Å². The van der Waals surface area contributed by atoms with E-state index in [9.17, 15) is 0 Å². The molecule has 0 radical (unpaired) electrons. The Labute approximate surface area is 107 Å². The number of nitrogens with one attached hydrogen (secondary N) is 1. The second-order valence-electron chi connectivity index (χ2n) is 4.38. The lowest BCUT2D eigenvalue weighted by atomic mass is 10.1. The van der Waals surface area contributed by atoms with Gasteiger partial charge >= 0.3 is 0 Å². The third-order valence-corrected chi connectivity index (χ3v) is 3.49.